The Balaban J connectivity index is 1.14. The Morgan fingerprint density at radius 2 is 1.24 bits per heavy atom. The van der Waals surface area contributed by atoms with Gasteiger partial charge in [0.2, 0.25) is 0 Å². The summed E-state index contributed by atoms with van der Waals surface area (Å²) in [5, 5.41) is 4.24. The van der Waals surface area contributed by atoms with Gasteiger partial charge in [0.25, 0.3) is 52.3 Å². The number of nitrogens with one attached hydrogen (secondary N) is 1. The lowest BCUT2D eigenvalue weighted by atomic mass is 9.73. The van der Waals surface area contributed by atoms with Crippen molar-refractivity contribution in [2.45, 2.75) is 89.7 Å². The summed E-state index contributed by atoms with van der Waals surface area (Å²) in [5.41, 5.74) is 0.511. The molecule has 1 saturated heterocycles. The first-order valence-electron chi connectivity index (χ1n) is 27.8. The van der Waals surface area contributed by atoms with Crippen LogP contribution in [0.5, 0.6) is 0 Å². The van der Waals surface area contributed by atoms with Gasteiger partial charge in [-0.1, -0.05) is 69.4 Å². The van der Waals surface area contributed by atoms with Gasteiger partial charge in [-0.25, -0.2) is 9.00 Å². The summed E-state index contributed by atoms with van der Waals surface area (Å²) in [6.07, 6.45) is 12.2. The number of anilines is 2. The fraction of sp³-hybridized carbons (Fsp3) is 0.456. The number of hydrogen-bond donors (Lipinski definition) is 6. The van der Waals surface area contributed by atoms with Gasteiger partial charge in [-0.05, 0) is 89.1 Å². The van der Waals surface area contributed by atoms with Crippen LogP contribution in [0.2, 0.25) is 0 Å². The molecule has 89 heavy (non-hydrogen) atoms. The van der Waals surface area contributed by atoms with E-state index >= 15 is 0 Å². The summed E-state index contributed by atoms with van der Waals surface area (Å²) in [6, 6.07) is 10.1. The lowest BCUT2D eigenvalue weighted by Gasteiger charge is -2.33. The van der Waals surface area contributed by atoms with Gasteiger partial charge < -0.3 is 48.0 Å². The molecule has 0 spiro atoms. The molecule has 1 fully saturated rings. The minimum atomic E-state index is -5.01. The van der Waals surface area contributed by atoms with E-state index in [2.05, 4.69) is 5.32 Å². The highest BCUT2D eigenvalue weighted by molar-refractivity contribution is 7.87. The topological polar surface area (TPSA) is 389 Å². The van der Waals surface area contributed by atoms with E-state index in [-0.39, 0.29) is 151 Å². The number of carbonyl (C=O) groups excluding carboxylic acids is 3. The van der Waals surface area contributed by atoms with Gasteiger partial charge in [-0.3, -0.25) is 27.8 Å². The minimum absolute atomic E-state index is 0.000481. The van der Waals surface area contributed by atoms with Crippen LogP contribution < -0.4 is 10.2 Å². The Bertz CT molecular complexity index is 3830. The molecule has 6 rings (SSSR count). The Hall–Kier alpha value is -5.92. The van der Waals surface area contributed by atoms with E-state index in [1.54, 1.807) is 61.6 Å². The van der Waals surface area contributed by atoms with Crippen molar-refractivity contribution < 1.29 is 108 Å². The maximum absolute atomic E-state index is 12.7. The number of fused-ring (bicyclic) bond motifs is 4. The molecule has 6 N–H and O–H groups in total. The number of carbonyl (C=O) groups is 3. The van der Waals surface area contributed by atoms with E-state index in [1.165, 1.54) is 25.3 Å². The maximum atomic E-state index is 12.7. The van der Waals surface area contributed by atoms with Crippen molar-refractivity contribution in [3.8, 4) is 0 Å². The van der Waals surface area contributed by atoms with E-state index < -0.39 is 101 Å². The number of imide groups is 1. The van der Waals surface area contributed by atoms with Gasteiger partial charge in [0.15, 0.2) is 11.1 Å². The SMILES string of the molecule is COCCNc1ccc2c(S(=O)O)cc(S(=O)(=O)O)cc2c1C(C)(C/C=C/C=C/C=C/C=C1/N(CCOCCOCCOCCOCCOCCC(=O)ON2C(=O)CCC2=O)c2ccc3c(S(=O)(=O)O)cc(S(=O)(=O)O)cc3c2C1(C)C)CCCS(=O)(=O)O. The molecule has 2 amide bonds. The first kappa shape index (κ1) is 72.1. The second kappa shape index (κ2) is 31.9. The minimum Gasteiger partial charge on any atom is -0.383 e. The average molecular weight is 1340 g/mol. The van der Waals surface area contributed by atoms with Crippen molar-refractivity contribution in [2.24, 2.45) is 0 Å². The van der Waals surface area contributed by atoms with Crippen LogP contribution in [-0.2, 0) is 110 Å². The Kier molecular flexibility index (Phi) is 25.9. The van der Waals surface area contributed by atoms with E-state index in [0.29, 0.717) is 39.3 Å². The molecule has 2 atom stereocenters. The van der Waals surface area contributed by atoms with Crippen molar-refractivity contribution in [2.75, 3.05) is 109 Å². The second-order valence-electron chi connectivity index (χ2n) is 21.1. The molecule has 2 unspecified atom stereocenters. The fourth-order valence-electron chi connectivity index (χ4n) is 10.3. The number of benzene rings is 4. The molecule has 27 nitrogen and oxygen atoms in total. The molecule has 2 heterocycles. The lowest BCUT2D eigenvalue weighted by molar-refractivity contribution is -0.198. The maximum Gasteiger partial charge on any atom is 0.335 e. The molecule has 0 aliphatic carbocycles. The van der Waals surface area contributed by atoms with Gasteiger partial charge in [0.1, 0.15) is 4.90 Å². The largest absolute Gasteiger partial charge is 0.383 e. The van der Waals surface area contributed by atoms with Gasteiger partial charge in [0, 0.05) is 66.3 Å². The molecule has 0 aromatic heterocycles. The standard InChI is InChI=1S/C57H73N3O24S5/c1-56(2)50(12-9-7-5-6-8-10-20-57(3,21-11-35-86(66,67)68)54-44-36-40(87(69,70)71)38-48(85(64)65)42(44)13-15-46(54)58-22-25-78-4)59(47-16-14-43-45(55(47)56)37-41(88(72,73)74)39-49(43)89(75,76)77)23-26-80-28-30-82-32-34-83-33-31-81-29-27-79-24-19-53(63)84-60-51(61)17-18-52(60)62/h5-10,12-16,36-39,58H,11,17-35H2,1-4H3,(H,64,65)(H,66,67,68)(H,69,70,71)(H,72,73,74)(H,75,76,77)/b6-5+,9-7+,10-8+,50-12+. The molecular formula is C57H73N3O24S5. The highest BCUT2D eigenvalue weighted by Crippen LogP contribution is 2.52. The Morgan fingerprint density at radius 1 is 0.685 bits per heavy atom. The normalized spacial score (nSPS) is 16.5. The van der Waals surface area contributed by atoms with Crippen LogP contribution >= 0.6 is 0 Å². The van der Waals surface area contributed by atoms with Gasteiger partial charge >= 0.3 is 5.97 Å². The average Bonchev–Trinajstić information content (AvgIpc) is 1.66. The van der Waals surface area contributed by atoms with Crippen molar-refractivity contribution in [3.63, 3.8) is 0 Å². The van der Waals surface area contributed by atoms with Crippen LogP contribution in [0.1, 0.15) is 70.4 Å². The summed E-state index contributed by atoms with van der Waals surface area (Å²) in [7, 11) is -17.8. The molecule has 2 aliphatic rings. The van der Waals surface area contributed by atoms with E-state index in [0.717, 1.165) is 12.1 Å². The van der Waals surface area contributed by atoms with Crippen LogP contribution in [0, 0.1) is 0 Å². The summed E-state index contributed by atoms with van der Waals surface area (Å²) in [5.74, 6) is -2.51. The molecule has 490 valence electrons. The first-order chi connectivity index (χ1) is 41.9. The quantitative estimate of drug-likeness (QED) is 0.00973. The smallest absolute Gasteiger partial charge is 0.335 e. The molecular weight excluding hydrogens is 1270 g/mol. The number of allylic oxidation sites excluding steroid dienone is 8. The predicted octanol–water partition coefficient (Wildman–Crippen LogP) is 6.12. The molecule has 32 heteroatoms. The van der Waals surface area contributed by atoms with Crippen molar-refractivity contribution in [3.05, 3.63) is 108 Å². The Morgan fingerprint density at radius 3 is 1.81 bits per heavy atom. The van der Waals surface area contributed by atoms with E-state index in [4.69, 9.17) is 33.3 Å². The third kappa shape index (κ3) is 20.0. The molecule has 4 aromatic carbocycles. The highest BCUT2D eigenvalue weighted by atomic mass is 32.2. The third-order valence-electron chi connectivity index (χ3n) is 14.4. The van der Waals surface area contributed by atoms with Crippen LogP contribution in [0.25, 0.3) is 21.5 Å². The van der Waals surface area contributed by atoms with Crippen LogP contribution in [0.15, 0.2) is 116 Å². The first-order valence-corrected chi connectivity index (χ1v) is 34.8. The summed E-state index contributed by atoms with van der Waals surface area (Å²) < 4.78 is 196. The number of methoxy groups -OCH3 is 1. The van der Waals surface area contributed by atoms with Gasteiger partial charge in [-0.2, -0.15) is 33.7 Å². The van der Waals surface area contributed by atoms with Crippen LogP contribution in [0.4, 0.5) is 11.4 Å². The zero-order valence-corrected chi connectivity index (χ0v) is 53.3. The monoisotopic (exact) mass is 1340 g/mol. The number of hydroxylamine groups is 2. The second-order valence-corrected chi connectivity index (χ2v) is 27.9. The molecule has 0 bridgehead atoms. The lowest BCUT2D eigenvalue weighted by Crippen LogP contribution is -2.32. The molecule has 0 saturated carbocycles. The molecule has 0 radical (unpaired) electrons. The van der Waals surface area contributed by atoms with E-state index in [9.17, 15) is 75.0 Å². The highest BCUT2D eigenvalue weighted by Gasteiger charge is 2.42. The summed E-state index contributed by atoms with van der Waals surface area (Å²) >= 11 is -2.72. The number of hydrogen-bond acceptors (Lipinski definition) is 21. The number of rotatable bonds is 37. The van der Waals surface area contributed by atoms with Crippen molar-refractivity contribution >= 4 is 102 Å². The number of amides is 2. The fourth-order valence-corrected chi connectivity index (χ4v) is 13.4. The summed E-state index contributed by atoms with van der Waals surface area (Å²) in [4.78, 5) is 39.3. The van der Waals surface area contributed by atoms with Crippen LogP contribution in [-0.4, -0.2) is 182 Å². The zero-order chi connectivity index (χ0) is 65.4. The molecule has 4 aromatic rings. The van der Waals surface area contributed by atoms with Crippen LogP contribution in [0.3, 0.4) is 0 Å². The summed E-state index contributed by atoms with van der Waals surface area (Å²) in [6.45, 7) is 8.18. The van der Waals surface area contributed by atoms with E-state index in [1.807, 2.05) is 18.7 Å². The van der Waals surface area contributed by atoms with Gasteiger partial charge in [-0.15, -0.1) is 5.06 Å². The molecule has 2 aliphatic heterocycles. The van der Waals surface area contributed by atoms with Crippen molar-refractivity contribution in [1.29, 1.82) is 0 Å². The predicted molar refractivity (Wildman–Crippen MR) is 326 cm³/mol. The van der Waals surface area contributed by atoms with Gasteiger partial charge in [0.05, 0.1) is 99.5 Å². The zero-order valence-electron chi connectivity index (χ0n) is 49.2. The number of ether oxygens (including phenoxy) is 6. The van der Waals surface area contributed by atoms with Crippen molar-refractivity contribution in [1.82, 2.24) is 5.06 Å². The Labute approximate surface area is 519 Å². The number of nitrogens with zero attached hydrogens (tertiary/aromatic N) is 2. The third-order valence-corrected chi connectivity index (χ3v) is 18.5.